The maximum Gasteiger partial charge on any atom is 0.288 e. The van der Waals surface area contributed by atoms with Crippen molar-refractivity contribution in [2.45, 2.75) is 33.2 Å². The Hall–Kier alpha value is -1.39. The Morgan fingerprint density at radius 3 is 2.40 bits per heavy atom. The highest BCUT2D eigenvalue weighted by molar-refractivity contribution is 6.38. The summed E-state index contributed by atoms with van der Waals surface area (Å²) in [6.45, 7) is 5.56. The summed E-state index contributed by atoms with van der Waals surface area (Å²) < 4.78 is 0. The Labute approximate surface area is 88.6 Å². The van der Waals surface area contributed by atoms with Crippen LogP contribution >= 0.6 is 0 Å². The molecule has 1 atom stereocenters. The van der Waals surface area contributed by atoms with Crippen LogP contribution in [0.3, 0.4) is 0 Å². The number of carbonyl (C=O) groups excluding carboxylic acids is 3. The van der Waals surface area contributed by atoms with Gasteiger partial charge in [-0.3, -0.25) is 14.4 Å². The molecule has 0 aromatic carbocycles. The van der Waals surface area contributed by atoms with Gasteiger partial charge in [-0.15, -0.1) is 0 Å². The van der Waals surface area contributed by atoms with E-state index in [1.807, 2.05) is 0 Å². The lowest BCUT2D eigenvalue weighted by Gasteiger charge is -2.17. The molecule has 1 aliphatic heterocycles. The van der Waals surface area contributed by atoms with Gasteiger partial charge in [0, 0.05) is 12.0 Å². The molecule has 2 N–H and O–H groups in total. The third-order valence-corrected chi connectivity index (χ3v) is 2.24. The van der Waals surface area contributed by atoms with E-state index in [2.05, 4.69) is 10.6 Å². The van der Waals surface area contributed by atoms with Gasteiger partial charge >= 0.3 is 0 Å². The summed E-state index contributed by atoms with van der Waals surface area (Å²) >= 11 is 0. The van der Waals surface area contributed by atoms with Gasteiger partial charge in [0.1, 0.15) is 6.04 Å². The molecule has 0 spiro atoms. The second kappa shape index (κ2) is 4.00. The van der Waals surface area contributed by atoms with Gasteiger partial charge in [0.2, 0.25) is 11.7 Å². The standard InChI is InChI=1S/C10H16N2O3/c1-10(2,3)7(13)9(15)12-6-4-5-11-8(6)14/h6H,4-5H2,1-3H3,(H,11,14)(H,12,15)/t6-/m0/s1. The molecule has 15 heavy (non-hydrogen) atoms. The number of rotatable bonds is 2. The summed E-state index contributed by atoms with van der Waals surface area (Å²) in [7, 11) is 0. The van der Waals surface area contributed by atoms with E-state index in [-0.39, 0.29) is 5.91 Å². The van der Waals surface area contributed by atoms with Crippen LogP contribution in [0.1, 0.15) is 27.2 Å². The predicted molar refractivity (Wildman–Crippen MR) is 54.0 cm³/mol. The van der Waals surface area contributed by atoms with Crippen LogP contribution in [0.15, 0.2) is 0 Å². The molecule has 1 fully saturated rings. The molecular formula is C10H16N2O3. The summed E-state index contributed by atoms with van der Waals surface area (Å²) in [5.74, 6) is -1.39. The Balaban J connectivity index is 2.56. The van der Waals surface area contributed by atoms with Crippen LogP contribution < -0.4 is 10.6 Å². The summed E-state index contributed by atoms with van der Waals surface area (Å²) in [5.41, 5.74) is -0.709. The minimum absolute atomic E-state index is 0.218. The average molecular weight is 212 g/mol. The van der Waals surface area contributed by atoms with Crippen molar-refractivity contribution in [3.63, 3.8) is 0 Å². The molecule has 5 heteroatoms. The highest BCUT2D eigenvalue weighted by Gasteiger charge is 2.32. The first kappa shape index (κ1) is 11.7. The zero-order valence-corrected chi connectivity index (χ0v) is 9.22. The molecule has 2 amide bonds. The fourth-order valence-corrected chi connectivity index (χ4v) is 1.30. The first-order valence-electron chi connectivity index (χ1n) is 4.95. The van der Waals surface area contributed by atoms with Gasteiger partial charge in [0.25, 0.3) is 5.91 Å². The Bertz CT molecular complexity index is 304. The first-order valence-corrected chi connectivity index (χ1v) is 4.95. The molecular weight excluding hydrogens is 196 g/mol. The van der Waals surface area contributed by atoms with Crippen LogP contribution in [0.2, 0.25) is 0 Å². The van der Waals surface area contributed by atoms with Crippen molar-refractivity contribution in [3.05, 3.63) is 0 Å². The smallest absolute Gasteiger partial charge is 0.288 e. The van der Waals surface area contributed by atoms with Gasteiger partial charge in [0.05, 0.1) is 0 Å². The average Bonchev–Trinajstić information content (AvgIpc) is 2.49. The van der Waals surface area contributed by atoms with E-state index in [0.29, 0.717) is 13.0 Å². The lowest BCUT2D eigenvalue weighted by molar-refractivity contribution is -0.143. The summed E-state index contributed by atoms with van der Waals surface area (Å²) in [6.07, 6.45) is 0.544. The lowest BCUT2D eigenvalue weighted by atomic mass is 9.90. The molecule has 0 bridgehead atoms. The molecule has 0 aromatic rings. The Morgan fingerprint density at radius 2 is 2.00 bits per heavy atom. The number of carbonyl (C=O) groups is 3. The van der Waals surface area contributed by atoms with Crippen molar-refractivity contribution >= 4 is 17.6 Å². The third-order valence-electron chi connectivity index (χ3n) is 2.24. The SMILES string of the molecule is CC(C)(C)C(=O)C(=O)N[C@H]1CCNC1=O. The quantitative estimate of drug-likeness (QED) is 0.612. The largest absolute Gasteiger partial charge is 0.354 e. The van der Waals surface area contributed by atoms with Crippen LogP contribution in [0.25, 0.3) is 0 Å². The van der Waals surface area contributed by atoms with Gasteiger partial charge < -0.3 is 10.6 Å². The van der Waals surface area contributed by atoms with Gasteiger partial charge in [-0.25, -0.2) is 0 Å². The lowest BCUT2D eigenvalue weighted by Crippen LogP contribution is -2.46. The van der Waals surface area contributed by atoms with Crippen LogP contribution in [0.5, 0.6) is 0 Å². The maximum atomic E-state index is 11.5. The second-order valence-electron chi connectivity index (χ2n) is 4.68. The zero-order valence-electron chi connectivity index (χ0n) is 9.22. The fourth-order valence-electron chi connectivity index (χ4n) is 1.30. The molecule has 1 rings (SSSR count). The Kier molecular flexibility index (Phi) is 3.12. The van der Waals surface area contributed by atoms with Gasteiger partial charge in [-0.1, -0.05) is 20.8 Å². The third kappa shape index (κ3) is 2.78. The van der Waals surface area contributed by atoms with E-state index in [9.17, 15) is 14.4 Å². The number of hydrogen-bond acceptors (Lipinski definition) is 3. The highest BCUT2D eigenvalue weighted by atomic mass is 16.2. The van der Waals surface area contributed by atoms with Crippen molar-refractivity contribution in [2.75, 3.05) is 6.54 Å². The molecule has 0 aromatic heterocycles. The van der Waals surface area contributed by atoms with E-state index < -0.39 is 23.1 Å². The normalized spacial score (nSPS) is 21.0. The minimum Gasteiger partial charge on any atom is -0.354 e. The first-order chi connectivity index (χ1) is 6.82. The Morgan fingerprint density at radius 1 is 1.40 bits per heavy atom. The molecule has 0 saturated carbocycles. The molecule has 0 aliphatic carbocycles. The maximum absolute atomic E-state index is 11.5. The molecule has 1 heterocycles. The highest BCUT2D eigenvalue weighted by Crippen LogP contribution is 2.14. The monoisotopic (exact) mass is 212 g/mol. The van der Waals surface area contributed by atoms with Crippen molar-refractivity contribution in [2.24, 2.45) is 5.41 Å². The van der Waals surface area contributed by atoms with Gasteiger partial charge in [-0.05, 0) is 6.42 Å². The van der Waals surface area contributed by atoms with Crippen molar-refractivity contribution < 1.29 is 14.4 Å². The number of Topliss-reactive ketones (excluding diaryl/α,β-unsaturated/α-hetero) is 1. The fraction of sp³-hybridized carbons (Fsp3) is 0.700. The van der Waals surface area contributed by atoms with E-state index in [4.69, 9.17) is 0 Å². The van der Waals surface area contributed by atoms with Crippen LogP contribution in [-0.4, -0.2) is 30.2 Å². The van der Waals surface area contributed by atoms with Gasteiger partial charge in [0.15, 0.2) is 0 Å². The molecule has 1 saturated heterocycles. The van der Waals surface area contributed by atoms with E-state index >= 15 is 0 Å². The number of amides is 2. The topological polar surface area (TPSA) is 75.3 Å². The molecule has 1 aliphatic rings. The number of ketones is 1. The van der Waals surface area contributed by atoms with E-state index in [0.717, 1.165) is 0 Å². The summed E-state index contributed by atoms with van der Waals surface area (Å²) in [5, 5.41) is 5.02. The van der Waals surface area contributed by atoms with E-state index in [1.54, 1.807) is 20.8 Å². The minimum atomic E-state index is -0.709. The van der Waals surface area contributed by atoms with Crippen LogP contribution in [0, 0.1) is 5.41 Å². The molecule has 5 nitrogen and oxygen atoms in total. The van der Waals surface area contributed by atoms with E-state index in [1.165, 1.54) is 0 Å². The summed E-state index contributed by atoms with van der Waals surface area (Å²) in [6, 6.07) is -0.552. The number of hydrogen-bond donors (Lipinski definition) is 2. The zero-order chi connectivity index (χ0) is 11.6. The van der Waals surface area contributed by atoms with Crippen molar-refractivity contribution in [1.29, 1.82) is 0 Å². The molecule has 84 valence electrons. The summed E-state index contributed by atoms with van der Waals surface area (Å²) in [4.78, 5) is 34.1. The number of nitrogens with one attached hydrogen (secondary N) is 2. The molecule has 0 unspecified atom stereocenters. The van der Waals surface area contributed by atoms with Crippen molar-refractivity contribution in [1.82, 2.24) is 10.6 Å². The van der Waals surface area contributed by atoms with Crippen LogP contribution in [-0.2, 0) is 14.4 Å². The molecule has 0 radical (unpaired) electrons. The van der Waals surface area contributed by atoms with Crippen LogP contribution in [0.4, 0.5) is 0 Å². The van der Waals surface area contributed by atoms with Crippen molar-refractivity contribution in [3.8, 4) is 0 Å². The second-order valence-corrected chi connectivity index (χ2v) is 4.68. The van der Waals surface area contributed by atoms with Gasteiger partial charge in [-0.2, -0.15) is 0 Å². The predicted octanol–water partition coefficient (Wildman–Crippen LogP) is -0.394.